The fourth-order valence-electron chi connectivity index (χ4n) is 2.55. The first-order valence-electron chi connectivity index (χ1n) is 6.66. The Morgan fingerprint density at radius 3 is 2.62 bits per heavy atom. The zero-order valence-electron chi connectivity index (χ0n) is 12.1. The maximum Gasteiger partial charge on any atom is 0.182 e. The number of H-pyrrole nitrogens is 1. The van der Waals surface area contributed by atoms with Crippen molar-refractivity contribution < 1.29 is 0 Å². The second kappa shape index (κ2) is 5.31. The molecule has 3 rings (SSSR count). The van der Waals surface area contributed by atoms with E-state index in [1.807, 2.05) is 12.1 Å². The lowest BCUT2D eigenvalue weighted by Crippen LogP contribution is -2.11. The van der Waals surface area contributed by atoms with Crippen LogP contribution in [0.2, 0.25) is 0 Å². The Kier molecular flexibility index (Phi) is 3.63. The minimum Gasteiger partial charge on any atom is -0.377 e. The summed E-state index contributed by atoms with van der Waals surface area (Å²) < 4.78 is 3.82. The topological polar surface area (TPSA) is 24.0 Å². The Balaban J connectivity index is 2.30. The van der Waals surface area contributed by atoms with E-state index in [0.717, 1.165) is 21.2 Å². The van der Waals surface area contributed by atoms with Gasteiger partial charge in [0.2, 0.25) is 0 Å². The Hall–Kier alpha value is -1.59. The summed E-state index contributed by atoms with van der Waals surface area (Å²) in [5, 5.41) is 0. The Bertz CT molecular complexity index is 877. The van der Waals surface area contributed by atoms with Gasteiger partial charge in [-0.05, 0) is 55.0 Å². The molecule has 0 amide bonds. The number of aromatic amines is 1. The molecule has 5 heteroatoms. The van der Waals surface area contributed by atoms with Gasteiger partial charge in [-0.3, -0.25) is 4.57 Å². The van der Waals surface area contributed by atoms with Crippen molar-refractivity contribution in [1.29, 1.82) is 0 Å². The first kappa shape index (κ1) is 14.4. The fraction of sp³-hybridized carbons (Fsp3) is 0.188. The summed E-state index contributed by atoms with van der Waals surface area (Å²) in [6.45, 7) is 2.12. The third kappa shape index (κ3) is 2.51. The second-order valence-corrected chi connectivity index (χ2v) is 6.59. The van der Waals surface area contributed by atoms with Crippen molar-refractivity contribution in [3.8, 4) is 5.69 Å². The van der Waals surface area contributed by atoms with Gasteiger partial charge in [0.15, 0.2) is 4.77 Å². The summed E-state index contributed by atoms with van der Waals surface area (Å²) in [6.07, 6.45) is 0. The minimum atomic E-state index is 0.705. The van der Waals surface area contributed by atoms with Crippen LogP contribution in [0.3, 0.4) is 0 Å². The number of hydrogen-bond donors (Lipinski definition) is 1. The van der Waals surface area contributed by atoms with Gasteiger partial charge < -0.3 is 9.88 Å². The van der Waals surface area contributed by atoms with Gasteiger partial charge in [-0.2, -0.15) is 0 Å². The number of fused-ring (bicyclic) bond motifs is 1. The van der Waals surface area contributed by atoms with Crippen LogP contribution in [0.15, 0.2) is 40.9 Å². The van der Waals surface area contributed by atoms with Crippen LogP contribution in [-0.2, 0) is 0 Å². The first-order chi connectivity index (χ1) is 9.97. The number of nitrogens with one attached hydrogen (secondary N) is 1. The summed E-state index contributed by atoms with van der Waals surface area (Å²) in [7, 11) is 4.11. The number of halogens is 1. The highest BCUT2D eigenvalue weighted by Gasteiger charge is 2.09. The van der Waals surface area contributed by atoms with Gasteiger partial charge in [0.25, 0.3) is 0 Å². The van der Waals surface area contributed by atoms with Gasteiger partial charge in [-0.15, -0.1) is 0 Å². The molecule has 3 aromatic rings. The van der Waals surface area contributed by atoms with E-state index in [1.54, 1.807) is 0 Å². The number of anilines is 1. The van der Waals surface area contributed by atoms with E-state index in [-0.39, 0.29) is 0 Å². The van der Waals surface area contributed by atoms with Crippen molar-refractivity contribution in [3.05, 3.63) is 51.2 Å². The molecule has 0 bridgehead atoms. The second-order valence-electron chi connectivity index (χ2n) is 5.29. The number of nitrogens with zero attached hydrogens (tertiary/aromatic N) is 2. The van der Waals surface area contributed by atoms with E-state index in [4.69, 9.17) is 12.2 Å². The molecule has 0 saturated heterocycles. The predicted molar refractivity (Wildman–Crippen MR) is 95.2 cm³/mol. The highest BCUT2D eigenvalue weighted by Crippen LogP contribution is 2.27. The predicted octanol–water partition coefficient (Wildman–Crippen LogP) is 4.83. The molecule has 2 aromatic carbocycles. The molecule has 0 aliphatic heterocycles. The largest absolute Gasteiger partial charge is 0.377 e. The number of hydrogen-bond acceptors (Lipinski definition) is 2. The van der Waals surface area contributed by atoms with Gasteiger partial charge in [0, 0.05) is 24.3 Å². The van der Waals surface area contributed by atoms with Crippen molar-refractivity contribution in [2.75, 3.05) is 19.0 Å². The molecule has 1 aromatic heterocycles. The van der Waals surface area contributed by atoms with Crippen molar-refractivity contribution in [2.45, 2.75) is 6.92 Å². The van der Waals surface area contributed by atoms with E-state index in [0.29, 0.717) is 4.77 Å². The molecule has 3 nitrogen and oxygen atoms in total. The summed E-state index contributed by atoms with van der Waals surface area (Å²) >= 11 is 9.03. The number of rotatable bonds is 2. The third-order valence-corrected chi connectivity index (χ3v) is 4.36. The smallest absolute Gasteiger partial charge is 0.182 e. The molecule has 0 radical (unpaired) electrons. The molecular formula is C16H16BrN3S. The van der Waals surface area contributed by atoms with Crippen LogP contribution in [0.1, 0.15) is 5.56 Å². The maximum absolute atomic E-state index is 5.50. The van der Waals surface area contributed by atoms with Gasteiger partial charge in [0.1, 0.15) is 0 Å². The molecule has 1 heterocycles. The van der Waals surface area contributed by atoms with E-state index < -0.39 is 0 Å². The summed E-state index contributed by atoms with van der Waals surface area (Å²) in [5.41, 5.74) is 5.62. The van der Waals surface area contributed by atoms with Crippen LogP contribution in [0.5, 0.6) is 0 Å². The molecule has 0 atom stereocenters. The number of aromatic nitrogens is 2. The van der Waals surface area contributed by atoms with Crippen LogP contribution < -0.4 is 4.90 Å². The lowest BCUT2D eigenvalue weighted by molar-refractivity contribution is 1.05. The van der Waals surface area contributed by atoms with Crippen LogP contribution in [-0.4, -0.2) is 23.6 Å². The van der Waals surface area contributed by atoms with E-state index in [9.17, 15) is 0 Å². The molecule has 0 unspecified atom stereocenters. The van der Waals surface area contributed by atoms with E-state index in [2.05, 4.69) is 75.7 Å². The molecule has 0 spiro atoms. The van der Waals surface area contributed by atoms with E-state index >= 15 is 0 Å². The van der Waals surface area contributed by atoms with Gasteiger partial charge >= 0.3 is 0 Å². The Labute approximate surface area is 137 Å². The van der Waals surface area contributed by atoms with Gasteiger partial charge in [-0.25, -0.2) is 0 Å². The molecule has 1 N–H and O–H groups in total. The first-order valence-corrected chi connectivity index (χ1v) is 7.86. The average molecular weight is 362 g/mol. The van der Waals surface area contributed by atoms with E-state index in [1.165, 1.54) is 11.3 Å². The lowest BCUT2D eigenvalue weighted by Gasteiger charge is -2.17. The number of imidazole rings is 1. The van der Waals surface area contributed by atoms with Crippen LogP contribution in [0, 0.1) is 11.7 Å². The SMILES string of the molecule is Cc1ccc(-n2c(=S)[nH]c3ccc(Br)cc32)cc1N(C)C. The summed E-state index contributed by atoms with van der Waals surface area (Å²) in [6, 6.07) is 12.5. The zero-order chi connectivity index (χ0) is 15.1. The monoisotopic (exact) mass is 361 g/mol. The maximum atomic E-state index is 5.50. The molecule has 0 saturated carbocycles. The highest BCUT2D eigenvalue weighted by molar-refractivity contribution is 9.10. The fourth-order valence-corrected chi connectivity index (χ4v) is 3.21. The minimum absolute atomic E-state index is 0.705. The summed E-state index contributed by atoms with van der Waals surface area (Å²) in [5.74, 6) is 0. The van der Waals surface area contributed by atoms with Gasteiger partial charge in [0.05, 0.1) is 16.7 Å². The Morgan fingerprint density at radius 1 is 1.14 bits per heavy atom. The molecule has 21 heavy (non-hydrogen) atoms. The third-order valence-electron chi connectivity index (χ3n) is 3.58. The molecule has 108 valence electrons. The van der Waals surface area contributed by atoms with Gasteiger partial charge in [-0.1, -0.05) is 22.0 Å². The van der Waals surface area contributed by atoms with Crippen molar-refractivity contribution >= 4 is 44.9 Å². The zero-order valence-corrected chi connectivity index (χ0v) is 14.5. The normalized spacial score (nSPS) is 11.0. The number of benzene rings is 2. The molecule has 0 fully saturated rings. The summed E-state index contributed by atoms with van der Waals surface area (Å²) in [4.78, 5) is 5.38. The lowest BCUT2D eigenvalue weighted by atomic mass is 10.1. The van der Waals surface area contributed by atoms with Crippen LogP contribution in [0.25, 0.3) is 16.7 Å². The highest BCUT2D eigenvalue weighted by atomic mass is 79.9. The molecule has 0 aliphatic rings. The quantitative estimate of drug-likeness (QED) is 0.661. The Morgan fingerprint density at radius 2 is 1.90 bits per heavy atom. The molecular weight excluding hydrogens is 346 g/mol. The van der Waals surface area contributed by atoms with Crippen molar-refractivity contribution in [2.24, 2.45) is 0 Å². The van der Waals surface area contributed by atoms with Crippen LogP contribution >= 0.6 is 28.1 Å². The van der Waals surface area contributed by atoms with Crippen molar-refractivity contribution in [3.63, 3.8) is 0 Å². The molecule has 0 aliphatic carbocycles. The van der Waals surface area contributed by atoms with Crippen molar-refractivity contribution in [1.82, 2.24) is 9.55 Å². The number of aryl methyl sites for hydroxylation is 1. The average Bonchev–Trinajstić information content (AvgIpc) is 2.74. The standard InChI is InChI=1S/C16H16BrN3S/c1-10-4-6-12(9-14(10)19(2)3)20-15-8-11(17)5-7-13(15)18-16(20)21/h4-9H,1-3H3,(H,18,21). The van der Waals surface area contributed by atoms with Crippen LogP contribution in [0.4, 0.5) is 5.69 Å².